The zero-order valence-electron chi connectivity index (χ0n) is 17.3. The molecule has 6 nitrogen and oxygen atoms in total. The van der Waals surface area contributed by atoms with Gasteiger partial charge in [-0.3, -0.25) is 14.6 Å². The van der Waals surface area contributed by atoms with E-state index in [1.54, 1.807) is 11.3 Å². The number of carbonyl (C=O) groups is 1. The molecule has 2 fully saturated rings. The third-order valence-corrected chi connectivity index (χ3v) is 6.91. The van der Waals surface area contributed by atoms with Crippen LogP contribution in [0.3, 0.4) is 0 Å². The second-order valence-electron chi connectivity index (χ2n) is 7.81. The molecule has 0 bridgehead atoms. The van der Waals surface area contributed by atoms with Gasteiger partial charge >= 0.3 is 0 Å². The molecule has 1 aliphatic carbocycles. The van der Waals surface area contributed by atoms with Gasteiger partial charge in [0.15, 0.2) is 5.13 Å². The van der Waals surface area contributed by atoms with Gasteiger partial charge in [0.25, 0.3) is 0 Å². The number of amides is 1. The lowest BCUT2D eigenvalue weighted by Crippen LogP contribution is -2.45. The molecule has 1 saturated carbocycles. The van der Waals surface area contributed by atoms with Gasteiger partial charge in [0.05, 0.1) is 24.5 Å². The molecule has 0 atom stereocenters. The van der Waals surface area contributed by atoms with Gasteiger partial charge in [-0.2, -0.15) is 0 Å². The summed E-state index contributed by atoms with van der Waals surface area (Å²) in [6.07, 6.45) is 5.56. The van der Waals surface area contributed by atoms with Crippen LogP contribution in [0.15, 0.2) is 18.2 Å². The van der Waals surface area contributed by atoms with E-state index < -0.39 is 0 Å². The van der Waals surface area contributed by atoms with Crippen molar-refractivity contribution in [3.05, 3.63) is 18.2 Å². The number of aromatic nitrogens is 1. The van der Waals surface area contributed by atoms with E-state index in [1.807, 2.05) is 24.0 Å². The third-order valence-electron chi connectivity index (χ3n) is 5.87. The molecule has 29 heavy (non-hydrogen) atoms. The molecule has 0 N–H and O–H groups in total. The van der Waals surface area contributed by atoms with Crippen LogP contribution in [0, 0.1) is 5.92 Å². The Balaban J connectivity index is 1.58. The highest BCUT2D eigenvalue weighted by molar-refractivity contribution is 7.22. The molecule has 4 rings (SSSR count). The van der Waals surface area contributed by atoms with Crippen LogP contribution < -0.4 is 9.64 Å². The summed E-state index contributed by atoms with van der Waals surface area (Å²) in [6.45, 7) is 7.53. The lowest BCUT2D eigenvalue weighted by atomic mass is 9.88. The normalized spacial score (nSPS) is 18.8. The van der Waals surface area contributed by atoms with Crippen LogP contribution in [0.2, 0.25) is 0 Å². The molecule has 1 aliphatic heterocycles. The maximum Gasteiger partial charge on any atom is 0.231 e. The molecule has 1 amide bonds. The number of carbonyl (C=O) groups excluding carboxylic acids is 1. The Morgan fingerprint density at radius 1 is 1.28 bits per heavy atom. The zero-order valence-corrected chi connectivity index (χ0v) is 18.1. The Morgan fingerprint density at radius 3 is 2.83 bits per heavy atom. The molecule has 2 aromatic rings. The van der Waals surface area contributed by atoms with Crippen molar-refractivity contribution in [2.24, 2.45) is 5.92 Å². The predicted molar refractivity (Wildman–Crippen MR) is 117 cm³/mol. The molecule has 1 aromatic carbocycles. The van der Waals surface area contributed by atoms with Crippen molar-refractivity contribution < 1.29 is 14.3 Å². The number of para-hydroxylation sites is 1. The minimum atomic E-state index is 0.131. The first-order chi connectivity index (χ1) is 14.3. The van der Waals surface area contributed by atoms with Gasteiger partial charge in [-0.15, -0.1) is 0 Å². The van der Waals surface area contributed by atoms with Crippen molar-refractivity contribution in [3.8, 4) is 5.75 Å². The Bertz CT molecular complexity index is 813. The fourth-order valence-electron chi connectivity index (χ4n) is 4.24. The number of rotatable bonds is 7. The number of morpholine rings is 1. The first-order valence-corrected chi connectivity index (χ1v) is 11.7. The molecule has 1 saturated heterocycles. The van der Waals surface area contributed by atoms with Gasteiger partial charge in [0, 0.05) is 32.1 Å². The number of hydrogen-bond acceptors (Lipinski definition) is 6. The standard InChI is InChI=1S/C22H31N3O3S/c1-2-28-18-9-6-10-19-20(18)23-22(29-19)25(12-11-24-13-15-27-16-14-24)21(26)17-7-4-3-5-8-17/h6,9-10,17H,2-5,7-8,11-16H2,1H3. The van der Waals surface area contributed by atoms with E-state index in [1.165, 1.54) is 6.42 Å². The van der Waals surface area contributed by atoms with E-state index in [-0.39, 0.29) is 11.8 Å². The summed E-state index contributed by atoms with van der Waals surface area (Å²) >= 11 is 1.60. The number of fused-ring (bicyclic) bond motifs is 1. The smallest absolute Gasteiger partial charge is 0.231 e. The summed E-state index contributed by atoms with van der Waals surface area (Å²) in [7, 11) is 0. The van der Waals surface area contributed by atoms with E-state index in [2.05, 4.69) is 11.0 Å². The lowest BCUT2D eigenvalue weighted by molar-refractivity contribution is -0.123. The van der Waals surface area contributed by atoms with Gasteiger partial charge in [0.2, 0.25) is 5.91 Å². The molecule has 0 unspecified atom stereocenters. The fourth-order valence-corrected chi connectivity index (χ4v) is 5.25. The number of ether oxygens (including phenoxy) is 2. The molecule has 1 aromatic heterocycles. The van der Waals surface area contributed by atoms with Crippen molar-refractivity contribution in [3.63, 3.8) is 0 Å². The molecule has 2 aliphatic rings. The first kappa shape index (κ1) is 20.6. The van der Waals surface area contributed by atoms with E-state index in [0.29, 0.717) is 13.2 Å². The average Bonchev–Trinajstić information content (AvgIpc) is 3.20. The van der Waals surface area contributed by atoms with Crippen LogP contribution in [0.5, 0.6) is 5.75 Å². The average molecular weight is 418 g/mol. The highest BCUT2D eigenvalue weighted by Crippen LogP contribution is 2.36. The second-order valence-corrected chi connectivity index (χ2v) is 8.82. The summed E-state index contributed by atoms with van der Waals surface area (Å²) in [4.78, 5) is 22.7. The Hall–Kier alpha value is -1.70. The zero-order chi connectivity index (χ0) is 20.1. The molecule has 0 spiro atoms. The first-order valence-electron chi connectivity index (χ1n) is 10.9. The number of thiazole rings is 1. The van der Waals surface area contributed by atoms with Gasteiger partial charge in [-0.25, -0.2) is 4.98 Å². The molecule has 158 valence electrons. The number of anilines is 1. The van der Waals surface area contributed by atoms with Crippen molar-refractivity contribution in [1.82, 2.24) is 9.88 Å². The van der Waals surface area contributed by atoms with Crippen molar-refractivity contribution in [2.75, 3.05) is 50.9 Å². The Labute approximate surface area is 176 Å². The van der Waals surface area contributed by atoms with E-state index in [0.717, 1.165) is 79.6 Å². The van der Waals surface area contributed by atoms with Gasteiger partial charge in [-0.05, 0) is 31.9 Å². The maximum absolute atomic E-state index is 13.5. The van der Waals surface area contributed by atoms with Gasteiger partial charge < -0.3 is 9.47 Å². The number of benzene rings is 1. The Kier molecular flexibility index (Phi) is 7.00. The summed E-state index contributed by atoms with van der Waals surface area (Å²) in [5.74, 6) is 1.17. The summed E-state index contributed by atoms with van der Waals surface area (Å²) in [6, 6.07) is 6.01. The van der Waals surface area contributed by atoms with Crippen LogP contribution in [0.25, 0.3) is 10.2 Å². The summed E-state index contributed by atoms with van der Waals surface area (Å²) in [5, 5.41) is 0.802. The number of hydrogen-bond donors (Lipinski definition) is 0. The third kappa shape index (κ3) is 4.90. The molecular formula is C22H31N3O3S. The minimum Gasteiger partial charge on any atom is -0.492 e. The highest BCUT2D eigenvalue weighted by Gasteiger charge is 2.29. The largest absolute Gasteiger partial charge is 0.492 e. The highest BCUT2D eigenvalue weighted by atomic mass is 32.1. The van der Waals surface area contributed by atoms with E-state index in [9.17, 15) is 4.79 Å². The molecule has 0 radical (unpaired) electrons. The quantitative estimate of drug-likeness (QED) is 0.683. The van der Waals surface area contributed by atoms with Crippen LogP contribution in [0.4, 0.5) is 5.13 Å². The molecule has 7 heteroatoms. The van der Waals surface area contributed by atoms with Crippen LogP contribution in [-0.2, 0) is 9.53 Å². The van der Waals surface area contributed by atoms with Crippen molar-refractivity contribution >= 4 is 32.6 Å². The van der Waals surface area contributed by atoms with E-state index >= 15 is 0 Å². The predicted octanol–water partition coefficient (Wildman–Crippen LogP) is 3.94. The number of nitrogens with zero attached hydrogens (tertiary/aromatic N) is 3. The SMILES string of the molecule is CCOc1cccc2sc(N(CCN3CCOCC3)C(=O)C3CCCCC3)nc12. The molecule has 2 heterocycles. The van der Waals surface area contributed by atoms with Crippen LogP contribution in [0.1, 0.15) is 39.0 Å². The summed E-state index contributed by atoms with van der Waals surface area (Å²) in [5.41, 5.74) is 0.863. The van der Waals surface area contributed by atoms with Crippen LogP contribution >= 0.6 is 11.3 Å². The van der Waals surface area contributed by atoms with Gasteiger partial charge in [0.1, 0.15) is 11.3 Å². The van der Waals surface area contributed by atoms with Crippen molar-refractivity contribution in [2.45, 2.75) is 39.0 Å². The monoisotopic (exact) mass is 417 g/mol. The van der Waals surface area contributed by atoms with E-state index in [4.69, 9.17) is 14.5 Å². The maximum atomic E-state index is 13.5. The van der Waals surface area contributed by atoms with Crippen molar-refractivity contribution in [1.29, 1.82) is 0 Å². The second kappa shape index (κ2) is 9.87. The van der Waals surface area contributed by atoms with Gasteiger partial charge in [-0.1, -0.05) is 36.7 Å². The minimum absolute atomic E-state index is 0.131. The lowest BCUT2D eigenvalue weighted by Gasteiger charge is -2.31. The Morgan fingerprint density at radius 2 is 2.07 bits per heavy atom. The summed E-state index contributed by atoms with van der Waals surface area (Å²) < 4.78 is 12.3. The molecular weight excluding hydrogens is 386 g/mol. The van der Waals surface area contributed by atoms with Crippen LogP contribution in [-0.4, -0.2) is 61.8 Å². The fraction of sp³-hybridized carbons (Fsp3) is 0.636. The topological polar surface area (TPSA) is 54.9 Å².